The number of likely N-dealkylation sites (tertiary alicyclic amines) is 1. The third-order valence-corrected chi connectivity index (χ3v) is 5.01. The van der Waals surface area contributed by atoms with Crippen LogP contribution < -0.4 is 15.4 Å². The van der Waals surface area contributed by atoms with Crippen molar-refractivity contribution in [3.05, 3.63) is 54.1 Å². The van der Waals surface area contributed by atoms with E-state index in [4.69, 9.17) is 4.74 Å². The van der Waals surface area contributed by atoms with Gasteiger partial charge in [-0.1, -0.05) is 13.0 Å². The fourth-order valence-electron chi connectivity index (χ4n) is 3.18. The van der Waals surface area contributed by atoms with Gasteiger partial charge in [-0.25, -0.2) is 0 Å². The lowest BCUT2D eigenvalue weighted by atomic mass is 10.2. The van der Waals surface area contributed by atoms with Gasteiger partial charge in [0.05, 0.1) is 12.6 Å². The zero-order chi connectivity index (χ0) is 20.6. The molecule has 0 bridgehead atoms. The van der Waals surface area contributed by atoms with E-state index in [-0.39, 0.29) is 24.5 Å². The first-order chi connectivity index (χ1) is 14.0. The molecule has 1 aliphatic rings. The number of nitrogens with zero attached hydrogens (tertiary/aromatic N) is 1. The summed E-state index contributed by atoms with van der Waals surface area (Å²) in [6, 6.07) is 14.7. The Labute approximate surface area is 172 Å². The van der Waals surface area contributed by atoms with Gasteiger partial charge in [0.15, 0.2) is 0 Å². The summed E-state index contributed by atoms with van der Waals surface area (Å²) in [5, 5.41) is 5.96. The van der Waals surface area contributed by atoms with Crippen molar-refractivity contribution in [3.63, 3.8) is 0 Å². The Balaban J connectivity index is 1.49. The summed E-state index contributed by atoms with van der Waals surface area (Å²) in [5.41, 5.74) is 2.18. The lowest BCUT2D eigenvalue weighted by molar-refractivity contribution is -0.114. The Bertz CT molecular complexity index is 830. The number of anilines is 2. The molecule has 0 saturated carbocycles. The molecule has 0 aromatic heterocycles. The third-order valence-electron chi connectivity index (χ3n) is 5.01. The first kappa shape index (κ1) is 20.7. The standard InChI is InChI=1S/C23H29N3O3/c1-3-17(2)29-21-8-6-7-20(15-21)25-22(27)16-24-19-11-9-18(10-12-19)23(28)26-13-4-5-14-26/h6-12,15,17,24H,3-5,13-14,16H2,1-2H3,(H,25,27). The highest BCUT2D eigenvalue weighted by Gasteiger charge is 2.19. The summed E-state index contributed by atoms with van der Waals surface area (Å²) < 4.78 is 5.78. The van der Waals surface area contributed by atoms with Crippen LogP contribution in [-0.4, -0.2) is 42.5 Å². The largest absolute Gasteiger partial charge is 0.491 e. The number of hydrogen-bond acceptors (Lipinski definition) is 4. The van der Waals surface area contributed by atoms with Crippen LogP contribution >= 0.6 is 0 Å². The van der Waals surface area contributed by atoms with Crippen LogP contribution in [0.5, 0.6) is 5.75 Å². The van der Waals surface area contributed by atoms with E-state index < -0.39 is 0 Å². The summed E-state index contributed by atoms with van der Waals surface area (Å²) >= 11 is 0. The molecule has 1 saturated heterocycles. The van der Waals surface area contributed by atoms with Gasteiger partial charge in [-0.15, -0.1) is 0 Å². The maximum absolute atomic E-state index is 12.4. The van der Waals surface area contributed by atoms with E-state index in [2.05, 4.69) is 17.6 Å². The van der Waals surface area contributed by atoms with Gasteiger partial charge >= 0.3 is 0 Å². The smallest absolute Gasteiger partial charge is 0.253 e. The highest BCUT2D eigenvalue weighted by Crippen LogP contribution is 2.19. The normalized spacial score (nSPS) is 14.3. The monoisotopic (exact) mass is 395 g/mol. The summed E-state index contributed by atoms with van der Waals surface area (Å²) in [4.78, 5) is 26.5. The van der Waals surface area contributed by atoms with Gasteiger partial charge in [0.1, 0.15) is 5.75 Å². The molecular formula is C23H29N3O3. The van der Waals surface area contributed by atoms with Crippen LogP contribution in [0.15, 0.2) is 48.5 Å². The van der Waals surface area contributed by atoms with Crippen molar-refractivity contribution < 1.29 is 14.3 Å². The highest BCUT2D eigenvalue weighted by atomic mass is 16.5. The SMILES string of the molecule is CCC(C)Oc1cccc(NC(=O)CNc2ccc(C(=O)N3CCCC3)cc2)c1. The fourth-order valence-corrected chi connectivity index (χ4v) is 3.18. The van der Waals surface area contributed by atoms with Crippen molar-refractivity contribution in [2.75, 3.05) is 30.3 Å². The number of ether oxygens (including phenoxy) is 1. The highest BCUT2D eigenvalue weighted by molar-refractivity contribution is 5.95. The molecule has 1 fully saturated rings. The Morgan fingerprint density at radius 2 is 1.79 bits per heavy atom. The predicted molar refractivity (Wildman–Crippen MR) is 116 cm³/mol. The second-order valence-electron chi connectivity index (χ2n) is 7.34. The molecule has 1 atom stereocenters. The Morgan fingerprint density at radius 1 is 1.07 bits per heavy atom. The fraction of sp³-hybridized carbons (Fsp3) is 0.391. The molecule has 0 radical (unpaired) electrons. The zero-order valence-corrected chi connectivity index (χ0v) is 17.1. The molecule has 1 aliphatic heterocycles. The number of amides is 2. The molecule has 2 amide bonds. The number of benzene rings is 2. The minimum atomic E-state index is -0.150. The zero-order valence-electron chi connectivity index (χ0n) is 17.1. The van der Waals surface area contributed by atoms with Gasteiger partial charge in [0, 0.05) is 36.1 Å². The lowest BCUT2D eigenvalue weighted by Gasteiger charge is -2.15. The maximum atomic E-state index is 12.4. The van der Waals surface area contributed by atoms with Crippen LogP contribution in [0.25, 0.3) is 0 Å². The molecule has 0 spiro atoms. The van der Waals surface area contributed by atoms with Gasteiger partial charge in [0.2, 0.25) is 5.91 Å². The topological polar surface area (TPSA) is 70.7 Å². The molecule has 3 rings (SSSR count). The molecular weight excluding hydrogens is 366 g/mol. The van der Waals surface area contributed by atoms with Crippen molar-refractivity contribution in [1.82, 2.24) is 4.90 Å². The summed E-state index contributed by atoms with van der Waals surface area (Å²) in [7, 11) is 0. The molecule has 2 N–H and O–H groups in total. The van der Waals surface area contributed by atoms with Crippen molar-refractivity contribution in [3.8, 4) is 5.75 Å². The van der Waals surface area contributed by atoms with Crippen molar-refractivity contribution in [2.45, 2.75) is 39.2 Å². The van der Waals surface area contributed by atoms with Crippen LogP contribution in [0, 0.1) is 0 Å². The minimum absolute atomic E-state index is 0.0753. The number of rotatable bonds is 8. The molecule has 6 nitrogen and oxygen atoms in total. The number of carbonyl (C=O) groups is 2. The van der Waals surface area contributed by atoms with Gasteiger partial charge in [-0.05, 0) is 62.6 Å². The Hall–Kier alpha value is -3.02. The quantitative estimate of drug-likeness (QED) is 0.704. The van der Waals surface area contributed by atoms with Crippen molar-refractivity contribution in [2.24, 2.45) is 0 Å². The third kappa shape index (κ3) is 5.98. The Kier molecular flexibility index (Phi) is 7.11. The van der Waals surface area contributed by atoms with E-state index in [9.17, 15) is 9.59 Å². The summed E-state index contributed by atoms with van der Waals surface area (Å²) in [6.45, 7) is 5.89. The van der Waals surface area contributed by atoms with Crippen LogP contribution in [0.3, 0.4) is 0 Å². The van der Waals surface area contributed by atoms with E-state index in [1.165, 1.54) is 0 Å². The van der Waals surface area contributed by atoms with E-state index in [1.54, 1.807) is 12.1 Å². The second-order valence-corrected chi connectivity index (χ2v) is 7.34. The van der Waals surface area contributed by atoms with Crippen LogP contribution in [-0.2, 0) is 4.79 Å². The number of nitrogens with one attached hydrogen (secondary N) is 2. The molecule has 1 unspecified atom stereocenters. The minimum Gasteiger partial charge on any atom is -0.491 e. The molecule has 1 heterocycles. The first-order valence-electron chi connectivity index (χ1n) is 10.2. The lowest BCUT2D eigenvalue weighted by Crippen LogP contribution is -2.27. The van der Waals surface area contributed by atoms with Gasteiger partial charge in [0.25, 0.3) is 5.91 Å². The summed E-state index contributed by atoms with van der Waals surface area (Å²) in [5.74, 6) is 0.664. The summed E-state index contributed by atoms with van der Waals surface area (Å²) in [6.07, 6.45) is 3.20. The van der Waals surface area contributed by atoms with Crippen molar-refractivity contribution in [1.29, 1.82) is 0 Å². The predicted octanol–water partition coefficient (Wildman–Crippen LogP) is 4.15. The van der Waals surface area contributed by atoms with Gasteiger partial charge < -0.3 is 20.3 Å². The van der Waals surface area contributed by atoms with E-state index in [0.29, 0.717) is 11.3 Å². The van der Waals surface area contributed by atoms with Gasteiger partial charge in [-0.2, -0.15) is 0 Å². The van der Waals surface area contributed by atoms with Crippen LogP contribution in [0.1, 0.15) is 43.5 Å². The molecule has 29 heavy (non-hydrogen) atoms. The molecule has 154 valence electrons. The molecule has 0 aliphatic carbocycles. The van der Waals surface area contributed by atoms with E-state index in [1.807, 2.05) is 48.2 Å². The number of carbonyl (C=O) groups excluding carboxylic acids is 2. The van der Waals surface area contributed by atoms with Crippen molar-refractivity contribution >= 4 is 23.2 Å². The average Bonchev–Trinajstić information content (AvgIpc) is 3.27. The molecule has 2 aromatic carbocycles. The van der Waals surface area contributed by atoms with Gasteiger partial charge in [-0.3, -0.25) is 9.59 Å². The van der Waals surface area contributed by atoms with Crippen LogP contribution in [0.4, 0.5) is 11.4 Å². The average molecular weight is 396 g/mol. The van der Waals surface area contributed by atoms with E-state index >= 15 is 0 Å². The second kappa shape index (κ2) is 9.96. The maximum Gasteiger partial charge on any atom is 0.253 e. The number of hydrogen-bond donors (Lipinski definition) is 2. The molecule has 2 aromatic rings. The van der Waals surface area contributed by atoms with E-state index in [0.717, 1.165) is 43.8 Å². The Morgan fingerprint density at radius 3 is 2.48 bits per heavy atom. The molecule has 6 heteroatoms. The van der Waals surface area contributed by atoms with Crippen LogP contribution in [0.2, 0.25) is 0 Å². The first-order valence-corrected chi connectivity index (χ1v) is 10.2.